The minimum atomic E-state index is 0.695. The number of nitrogens with zero attached hydrogens (tertiary/aromatic N) is 4. The maximum absolute atomic E-state index is 5.83. The van der Waals surface area contributed by atoms with Gasteiger partial charge in [-0.3, -0.25) is 0 Å². The molecule has 0 saturated carbocycles. The van der Waals surface area contributed by atoms with Crippen molar-refractivity contribution in [1.82, 2.24) is 19.7 Å². The van der Waals surface area contributed by atoms with Gasteiger partial charge in [-0.1, -0.05) is 0 Å². The van der Waals surface area contributed by atoms with Crippen LogP contribution in [0.1, 0.15) is 11.4 Å². The van der Waals surface area contributed by atoms with Crippen molar-refractivity contribution in [3.63, 3.8) is 0 Å². The summed E-state index contributed by atoms with van der Waals surface area (Å²) < 4.78 is 1.82. The van der Waals surface area contributed by atoms with E-state index in [1.165, 1.54) is 0 Å². The highest BCUT2D eigenvalue weighted by molar-refractivity contribution is 5.87. The van der Waals surface area contributed by atoms with Crippen molar-refractivity contribution in [1.29, 1.82) is 0 Å². The van der Waals surface area contributed by atoms with Crippen LogP contribution in [0.15, 0.2) is 30.6 Å². The Morgan fingerprint density at radius 1 is 1.11 bits per heavy atom. The fourth-order valence-electron chi connectivity index (χ4n) is 2.07. The van der Waals surface area contributed by atoms with Gasteiger partial charge in [-0.2, -0.15) is 5.10 Å². The second-order valence-corrected chi connectivity index (χ2v) is 4.31. The summed E-state index contributed by atoms with van der Waals surface area (Å²) in [4.78, 5) is 8.56. The van der Waals surface area contributed by atoms with E-state index in [1.54, 1.807) is 6.33 Å². The number of hydrogen-bond acceptors (Lipinski definition) is 4. The largest absolute Gasteiger partial charge is 0.399 e. The van der Waals surface area contributed by atoms with Crippen molar-refractivity contribution in [3.8, 4) is 5.82 Å². The van der Waals surface area contributed by atoms with Gasteiger partial charge < -0.3 is 5.73 Å². The molecule has 0 aliphatic carbocycles. The zero-order valence-corrected chi connectivity index (χ0v) is 10.3. The van der Waals surface area contributed by atoms with Gasteiger partial charge in [0.2, 0.25) is 0 Å². The molecule has 5 heteroatoms. The molecule has 0 spiro atoms. The van der Waals surface area contributed by atoms with Crippen LogP contribution in [0.4, 0.5) is 5.69 Å². The Balaban J connectivity index is 2.35. The summed E-state index contributed by atoms with van der Waals surface area (Å²) in [6, 6.07) is 7.61. The molecule has 0 unspecified atom stereocenters. The predicted molar refractivity (Wildman–Crippen MR) is 70.5 cm³/mol. The van der Waals surface area contributed by atoms with Crippen LogP contribution in [-0.2, 0) is 0 Å². The Kier molecular flexibility index (Phi) is 2.26. The van der Waals surface area contributed by atoms with E-state index in [0.29, 0.717) is 5.69 Å². The minimum absolute atomic E-state index is 0.695. The van der Waals surface area contributed by atoms with Crippen molar-refractivity contribution in [3.05, 3.63) is 42.0 Å². The molecule has 0 aliphatic heterocycles. The molecule has 0 atom stereocenters. The number of hydrogen-bond donors (Lipinski definition) is 1. The van der Waals surface area contributed by atoms with Gasteiger partial charge in [-0.05, 0) is 38.1 Å². The summed E-state index contributed by atoms with van der Waals surface area (Å²) in [6.45, 7) is 3.96. The number of nitrogen functional groups attached to an aromatic ring is 1. The molecule has 0 amide bonds. The van der Waals surface area contributed by atoms with Crippen molar-refractivity contribution in [2.24, 2.45) is 0 Å². The lowest BCUT2D eigenvalue weighted by atomic mass is 10.2. The predicted octanol–water partition coefficient (Wildman–Crippen LogP) is 2.01. The Bertz CT molecular complexity index is 729. The van der Waals surface area contributed by atoms with E-state index >= 15 is 0 Å². The third-order valence-electron chi connectivity index (χ3n) is 2.85. The van der Waals surface area contributed by atoms with E-state index < -0.39 is 0 Å². The van der Waals surface area contributed by atoms with Gasteiger partial charge >= 0.3 is 0 Å². The standard InChI is InChI=1S/C13H13N5/c1-8-5-9(2)18(17-8)13-11-6-10(14)3-4-12(11)15-7-16-13/h3-7H,14H2,1-2H3. The molecule has 2 aromatic heterocycles. The van der Waals surface area contributed by atoms with Crippen LogP contribution in [0.25, 0.3) is 16.7 Å². The molecule has 0 saturated heterocycles. The van der Waals surface area contributed by atoms with E-state index in [0.717, 1.165) is 28.1 Å². The first-order valence-corrected chi connectivity index (χ1v) is 5.69. The molecule has 2 heterocycles. The van der Waals surface area contributed by atoms with E-state index in [9.17, 15) is 0 Å². The Labute approximate surface area is 104 Å². The number of rotatable bonds is 1. The molecular formula is C13H13N5. The van der Waals surface area contributed by atoms with Crippen LogP contribution in [0.5, 0.6) is 0 Å². The topological polar surface area (TPSA) is 69.6 Å². The van der Waals surface area contributed by atoms with Crippen LogP contribution in [0.2, 0.25) is 0 Å². The average Bonchev–Trinajstić information content (AvgIpc) is 2.67. The molecule has 1 aromatic carbocycles. The highest BCUT2D eigenvalue weighted by atomic mass is 15.3. The maximum atomic E-state index is 5.83. The second-order valence-electron chi connectivity index (χ2n) is 4.31. The number of nitrogens with two attached hydrogens (primary N) is 1. The number of fused-ring (bicyclic) bond motifs is 1. The molecule has 0 fully saturated rings. The zero-order chi connectivity index (χ0) is 12.7. The quantitative estimate of drug-likeness (QED) is 0.659. The highest BCUT2D eigenvalue weighted by Gasteiger charge is 2.09. The number of anilines is 1. The van der Waals surface area contributed by atoms with E-state index in [4.69, 9.17) is 5.73 Å². The van der Waals surface area contributed by atoms with Crippen LogP contribution >= 0.6 is 0 Å². The summed E-state index contributed by atoms with van der Waals surface area (Å²) in [5.41, 5.74) is 9.38. The molecule has 3 rings (SSSR count). The van der Waals surface area contributed by atoms with Crippen molar-refractivity contribution >= 4 is 16.6 Å². The fourth-order valence-corrected chi connectivity index (χ4v) is 2.07. The van der Waals surface area contributed by atoms with Crippen molar-refractivity contribution in [2.75, 3.05) is 5.73 Å². The third-order valence-corrected chi connectivity index (χ3v) is 2.85. The lowest BCUT2D eigenvalue weighted by Crippen LogP contribution is -2.03. The summed E-state index contributed by atoms with van der Waals surface area (Å²) in [5, 5.41) is 5.35. The van der Waals surface area contributed by atoms with Gasteiger partial charge in [-0.15, -0.1) is 0 Å². The average molecular weight is 239 g/mol. The van der Waals surface area contributed by atoms with E-state index in [-0.39, 0.29) is 0 Å². The number of aromatic nitrogens is 4. The van der Waals surface area contributed by atoms with Gasteiger partial charge in [0, 0.05) is 16.8 Å². The van der Waals surface area contributed by atoms with Crippen LogP contribution in [0, 0.1) is 13.8 Å². The summed E-state index contributed by atoms with van der Waals surface area (Å²) in [5.74, 6) is 0.762. The van der Waals surface area contributed by atoms with Gasteiger partial charge in [0.1, 0.15) is 6.33 Å². The third kappa shape index (κ3) is 1.60. The zero-order valence-electron chi connectivity index (χ0n) is 10.3. The first-order valence-electron chi connectivity index (χ1n) is 5.69. The lowest BCUT2D eigenvalue weighted by molar-refractivity contribution is 0.810. The smallest absolute Gasteiger partial charge is 0.164 e. The summed E-state index contributed by atoms with van der Waals surface area (Å²) in [7, 11) is 0. The number of aryl methyl sites for hydroxylation is 2. The Hall–Kier alpha value is -2.43. The number of benzene rings is 1. The van der Waals surface area contributed by atoms with E-state index in [1.807, 2.05) is 42.8 Å². The molecular weight excluding hydrogens is 226 g/mol. The maximum Gasteiger partial charge on any atom is 0.164 e. The summed E-state index contributed by atoms with van der Waals surface area (Å²) >= 11 is 0. The van der Waals surface area contributed by atoms with Gasteiger partial charge in [-0.25, -0.2) is 14.6 Å². The fraction of sp³-hybridized carbons (Fsp3) is 0.154. The molecule has 90 valence electrons. The Morgan fingerprint density at radius 2 is 1.94 bits per heavy atom. The lowest BCUT2D eigenvalue weighted by Gasteiger charge is -2.07. The molecule has 0 aliphatic rings. The highest BCUT2D eigenvalue weighted by Crippen LogP contribution is 2.21. The van der Waals surface area contributed by atoms with E-state index in [2.05, 4.69) is 15.1 Å². The molecule has 5 nitrogen and oxygen atoms in total. The molecule has 3 aromatic rings. The second kappa shape index (κ2) is 3.80. The van der Waals surface area contributed by atoms with Gasteiger partial charge in [0.25, 0.3) is 0 Å². The summed E-state index contributed by atoms with van der Waals surface area (Å²) in [6.07, 6.45) is 1.55. The first kappa shape index (κ1) is 10.7. The first-order chi connectivity index (χ1) is 8.65. The minimum Gasteiger partial charge on any atom is -0.399 e. The molecule has 2 N–H and O–H groups in total. The van der Waals surface area contributed by atoms with Crippen LogP contribution in [-0.4, -0.2) is 19.7 Å². The van der Waals surface area contributed by atoms with Crippen LogP contribution in [0.3, 0.4) is 0 Å². The SMILES string of the molecule is Cc1cc(C)n(-c2ncnc3ccc(N)cc23)n1. The molecule has 0 radical (unpaired) electrons. The Morgan fingerprint density at radius 3 is 2.67 bits per heavy atom. The van der Waals surface area contributed by atoms with Crippen molar-refractivity contribution in [2.45, 2.75) is 13.8 Å². The van der Waals surface area contributed by atoms with Crippen molar-refractivity contribution < 1.29 is 0 Å². The van der Waals surface area contributed by atoms with Gasteiger partial charge in [0.15, 0.2) is 5.82 Å². The van der Waals surface area contributed by atoms with Gasteiger partial charge in [0.05, 0.1) is 11.2 Å². The van der Waals surface area contributed by atoms with Crippen LogP contribution < -0.4 is 5.73 Å². The normalized spacial score (nSPS) is 11.0. The monoisotopic (exact) mass is 239 g/mol. The molecule has 18 heavy (non-hydrogen) atoms. The molecule has 0 bridgehead atoms.